The highest BCUT2D eigenvalue weighted by Crippen LogP contribution is 2.76. The summed E-state index contributed by atoms with van der Waals surface area (Å²) in [5, 5.41) is 0. The Morgan fingerprint density at radius 2 is 1.65 bits per heavy atom. The van der Waals surface area contributed by atoms with Gasteiger partial charge in [-0.2, -0.15) is 0 Å². The van der Waals surface area contributed by atoms with Crippen LogP contribution in [-0.4, -0.2) is 18.6 Å². The molecule has 0 heterocycles. The molecule has 0 aromatic heterocycles. The van der Waals surface area contributed by atoms with Gasteiger partial charge in [0.2, 0.25) is 0 Å². The standard InChI is InChI=1S/C37H59NO2/c1-23(2)26-15-20-37(38)22-21-35(6)28(31(26)37)13-14-30-34(5)18-16-27(24-9-11-25(12-10-24)32(39)40-8)33(3,4)29(34)17-19-36(30,35)7/h9,16,23,25-26,28-31H,10-15,17-22,38H2,1-8H3/t25?,26-,28+,29-,30+,31+,34-,35+,36+,37-/m0/s1. The number of esters is 1. The summed E-state index contributed by atoms with van der Waals surface area (Å²) < 4.78 is 5.06. The second-order valence-electron chi connectivity index (χ2n) is 17.1. The zero-order valence-corrected chi connectivity index (χ0v) is 27.1. The molecule has 4 saturated carbocycles. The second kappa shape index (κ2) is 9.45. The van der Waals surface area contributed by atoms with E-state index in [1.807, 2.05) is 0 Å². The van der Waals surface area contributed by atoms with Crippen LogP contribution in [0.15, 0.2) is 23.3 Å². The maximum atomic E-state index is 12.2. The summed E-state index contributed by atoms with van der Waals surface area (Å²) in [5.74, 6) is 4.56. The van der Waals surface area contributed by atoms with Crippen LogP contribution in [0.5, 0.6) is 0 Å². The third kappa shape index (κ3) is 3.80. The SMILES string of the molecule is COC(=O)C1CC=C(C2=CC[C@]3(C)[C@H]4CC[C@@H]5[C@H]6[C@H](C(C)C)CC[C@]6(N)CC[C@@]5(C)[C@]4(C)CC[C@H]3C2(C)C)CC1. The molecule has 0 aliphatic heterocycles. The van der Waals surface area contributed by atoms with Crippen molar-refractivity contribution in [1.29, 1.82) is 0 Å². The molecule has 0 bridgehead atoms. The van der Waals surface area contributed by atoms with Crippen LogP contribution >= 0.6 is 0 Å². The van der Waals surface area contributed by atoms with E-state index in [2.05, 4.69) is 60.6 Å². The van der Waals surface area contributed by atoms with Crippen LogP contribution in [-0.2, 0) is 9.53 Å². The predicted octanol–water partition coefficient (Wildman–Crippen LogP) is 8.87. The minimum absolute atomic E-state index is 0.0375. The Bertz CT molecular complexity index is 1100. The molecule has 40 heavy (non-hydrogen) atoms. The number of fused-ring (bicyclic) bond motifs is 7. The van der Waals surface area contributed by atoms with Gasteiger partial charge in [-0.05, 0) is 145 Å². The number of allylic oxidation sites excluding steroid dienone is 4. The van der Waals surface area contributed by atoms with Gasteiger partial charge in [0, 0.05) is 5.54 Å². The van der Waals surface area contributed by atoms with Gasteiger partial charge in [0.25, 0.3) is 0 Å². The summed E-state index contributed by atoms with van der Waals surface area (Å²) in [6, 6.07) is 0. The molecular formula is C37H59NO2. The van der Waals surface area contributed by atoms with Crippen LogP contribution < -0.4 is 5.73 Å². The molecule has 0 radical (unpaired) electrons. The summed E-state index contributed by atoms with van der Waals surface area (Å²) >= 11 is 0. The molecule has 0 amide bonds. The normalized spacial score (nSPS) is 49.6. The minimum Gasteiger partial charge on any atom is -0.469 e. The van der Waals surface area contributed by atoms with Crippen molar-refractivity contribution in [3.8, 4) is 0 Å². The average molecular weight is 550 g/mol. The Balaban J connectivity index is 1.31. The molecule has 6 aliphatic rings. The van der Waals surface area contributed by atoms with E-state index in [0.29, 0.717) is 22.2 Å². The fraction of sp³-hybridized carbons (Fsp3) is 0.865. The Hall–Kier alpha value is -1.09. The topological polar surface area (TPSA) is 52.3 Å². The molecule has 0 spiro atoms. The van der Waals surface area contributed by atoms with Gasteiger partial charge in [0.1, 0.15) is 0 Å². The van der Waals surface area contributed by atoms with Crippen molar-refractivity contribution in [3.05, 3.63) is 23.3 Å². The van der Waals surface area contributed by atoms with E-state index in [4.69, 9.17) is 10.5 Å². The van der Waals surface area contributed by atoms with Crippen LogP contribution in [0.1, 0.15) is 126 Å². The molecule has 6 aliphatic carbocycles. The molecule has 0 aromatic rings. The van der Waals surface area contributed by atoms with Crippen LogP contribution in [0.2, 0.25) is 0 Å². The summed E-state index contributed by atoms with van der Waals surface area (Å²) in [5.41, 5.74) is 11.8. The summed E-state index contributed by atoms with van der Waals surface area (Å²) in [6.45, 7) is 18.2. The number of hydrogen-bond acceptors (Lipinski definition) is 3. The molecular weight excluding hydrogens is 490 g/mol. The number of ether oxygens (including phenoxy) is 1. The molecule has 4 fully saturated rings. The highest BCUT2D eigenvalue weighted by molar-refractivity contribution is 5.73. The Morgan fingerprint density at radius 3 is 2.30 bits per heavy atom. The van der Waals surface area contributed by atoms with E-state index < -0.39 is 0 Å². The van der Waals surface area contributed by atoms with Gasteiger partial charge in [-0.15, -0.1) is 0 Å². The molecule has 224 valence electrons. The van der Waals surface area contributed by atoms with Crippen LogP contribution in [0.4, 0.5) is 0 Å². The lowest BCUT2D eigenvalue weighted by molar-refractivity contribution is -0.221. The maximum absolute atomic E-state index is 12.2. The molecule has 3 nitrogen and oxygen atoms in total. The monoisotopic (exact) mass is 549 g/mol. The van der Waals surface area contributed by atoms with Gasteiger partial charge in [0.15, 0.2) is 0 Å². The number of hydrogen-bond donors (Lipinski definition) is 1. The van der Waals surface area contributed by atoms with Crippen LogP contribution in [0, 0.1) is 63.1 Å². The van der Waals surface area contributed by atoms with Crippen LogP contribution in [0.25, 0.3) is 0 Å². The second-order valence-corrected chi connectivity index (χ2v) is 17.1. The van der Waals surface area contributed by atoms with Crippen molar-refractivity contribution in [3.63, 3.8) is 0 Å². The van der Waals surface area contributed by atoms with E-state index in [-0.39, 0.29) is 22.8 Å². The summed E-state index contributed by atoms with van der Waals surface area (Å²) in [4.78, 5) is 12.2. The van der Waals surface area contributed by atoms with Gasteiger partial charge in [0.05, 0.1) is 13.0 Å². The third-order valence-electron chi connectivity index (χ3n) is 15.3. The number of rotatable bonds is 3. The largest absolute Gasteiger partial charge is 0.469 e. The quantitative estimate of drug-likeness (QED) is 0.358. The van der Waals surface area contributed by atoms with Crippen molar-refractivity contribution in [2.45, 2.75) is 131 Å². The number of methoxy groups -OCH3 is 1. The van der Waals surface area contributed by atoms with E-state index in [1.165, 1.54) is 70.5 Å². The first-order chi connectivity index (χ1) is 18.7. The Labute approximate surface area is 245 Å². The molecule has 3 heteroatoms. The first kappa shape index (κ1) is 29.0. The van der Waals surface area contributed by atoms with E-state index in [1.54, 1.807) is 5.57 Å². The lowest BCUT2D eigenvalue weighted by Crippen LogP contribution is -2.67. The zero-order valence-electron chi connectivity index (χ0n) is 27.1. The molecule has 0 aromatic carbocycles. The number of carbonyl (C=O) groups is 1. The minimum atomic E-state index is -0.0395. The number of carbonyl (C=O) groups excluding carboxylic acids is 1. The first-order valence-corrected chi connectivity index (χ1v) is 17.0. The molecule has 2 N–H and O–H groups in total. The highest BCUT2D eigenvalue weighted by atomic mass is 16.5. The van der Waals surface area contributed by atoms with Gasteiger partial charge in [-0.1, -0.05) is 60.6 Å². The molecule has 0 saturated heterocycles. The smallest absolute Gasteiger partial charge is 0.308 e. The molecule has 10 atom stereocenters. The Morgan fingerprint density at radius 1 is 0.900 bits per heavy atom. The van der Waals surface area contributed by atoms with E-state index >= 15 is 0 Å². The highest BCUT2D eigenvalue weighted by Gasteiger charge is 2.70. The van der Waals surface area contributed by atoms with Gasteiger partial charge >= 0.3 is 5.97 Å². The molecule has 1 unspecified atom stereocenters. The van der Waals surface area contributed by atoms with Crippen LogP contribution in [0.3, 0.4) is 0 Å². The summed E-state index contributed by atoms with van der Waals surface area (Å²) in [7, 11) is 1.52. The number of nitrogens with two attached hydrogens (primary N) is 1. The van der Waals surface area contributed by atoms with Crippen molar-refractivity contribution in [2.24, 2.45) is 68.8 Å². The lowest BCUT2D eigenvalue weighted by atomic mass is 9.33. The van der Waals surface area contributed by atoms with Crippen molar-refractivity contribution in [2.75, 3.05) is 7.11 Å². The van der Waals surface area contributed by atoms with Crippen molar-refractivity contribution >= 4 is 5.97 Å². The van der Waals surface area contributed by atoms with Crippen molar-refractivity contribution < 1.29 is 9.53 Å². The maximum Gasteiger partial charge on any atom is 0.308 e. The predicted molar refractivity (Wildman–Crippen MR) is 164 cm³/mol. The van der Waals surface area contributed by atoms with Crippen molar-refractivity contribution in [1.82, 2.24) is 0 Å². The molecule has 6 rings (SSSR count). The Kier molecular flexibility index (Phi) is 6.86. The zero-order chi connectivity index (χ0) is 28.9. The summed E-state index contributed by atoms with van der Waals surface area (Å²) in [6.07, 6.45) is 19.7. The fourth-order valence-electron chi connectivity index (χ4n) is 13.1. The fourth-order valence-corrected chi connectivity index (χ4v) is 13.1. The van der Waals surface area contributed by atoms with Gasteiger partial charge in [-0.25, -0.2) is 0 Å². The van der Waals surface area contributed by atoms with E-state index in [9.17, 15) is 4.79 Å². The van der Waals surface area contributed by atoms with E-state index in [0.717, 1.165) is 48.9 Å². The van der Waals surface area contributed by atoms with Gasteiger partial charge in [-0.3, -0.25) is 4.79 Å². The average Bonchev–Trinajstić information content (AvgIpc) is 3.26. The third-order valence-corrected chi connectivity index (χ3v) is 15.3. The van der Waals surface area contributed by atoms with Gasteiger partial charge < -0.3 is 10.5 Å². The lowest BCUT2D eigenvalue weighted by Gasteiger charge is -2.72. The first-order valence-electron chi connectivity index (χ1n) is 17.0.